The van der Waals surface area contributed by atoms with Crippen LogP contribution in [0.25, 0.3) is 0 Å². The van der Waals surface area contributed by atoms with Crippen molar-refractivity contribution in [1.82, 2.24) is 14.7 Å². The van der Waals surface area contributed by atoms with E-state index < -0.39 is 0 Å². The minimum atomic E-state index is 0.200. The lowest BCUT2D eigenvalue weighted by atomic mass is 10.1. The third-order valence-electron chi connectivity index (χ3n) is 5.84. The second-order valence-corrected chi connectivity index (χ2v) is 8.23. The van der Waals surface area contributed by atoms with E-state index in [2.05, 4.69) is 41.0 Å². The summed E-state index contributed by atoms with van der Waals surface area (Å²) < 4.78 is 11.2. The van der Waals surface area contributed by atoms with Crippen LogP contribution in [0.3, 0.4) is 0 Å². The van der Waals surface area contributed by atoms with Gasteiger partial charge in [-0.1, -0.05) is 30.3 Å². The van der Waals surface area contributed by atoms with E-state index in [1.54, 1.807) is 0 Å². The van der Waals surface area contributed by atoms with E-state index in [1.807, 2.05) is 30.1 Å². The molecule has 1 saturated heterocycles. The summed E-state index contributed by atoms with van der Waals surface area (Å²) in [5.74, 6) is 1.79. The van der Waals surface area contributed by atoms with Crippen molar-refractivity contribution in [2.24, 2.45) is 0 Å². The molecule has 1 amide bonds. The Morgan fingerprint density at radius 3 is 2.50 bits per heavy atom. The van der Waals surface area contributed by atoms with Gasteiger partial charge >= 0.3 is 0 Å². The first-order valence-electron chi connectivity index (χ1n) is 10.7. The Labute approximate surface area is 179 Å². The normalized spacial score (nSPS) is 16.7. The Morgan fingerprint density at radius 2 is 1.73 bits per heavy atom. The summed E-state index contributed by atoms with van der Waals surface area (Å²) >= 11 is 0. The molecule has 0 N–H and O–H groups in total. The zero-order valence-corrected chi connectivity index (χ0v) is 18.0. The molecule has 30 heavy (non-hydrogen) atoms. The highest BCUT2D eigenvalue weighted by molar-refractivity contribution is 5.78. The zero-order chi connectivity index (χ0) is 20.9. The summed E-state index contributed by atoms with van der Waals surface area (Å²) in [4.78, 5) is 19.3. The molecule has 0 saturated carbocycles. The second kappa shape index (κ2) is 9.49. The molecule has 0 radical (unpaired) electrons. The average Bonchev–Trinajstić information content (AvgIpc) is 2.75. The number of aryl methyl sites for hydroxylation is 1. The van der Waals surface area contributed by atoms with Crippen molar-refractivity contribution in [3.63, 3.8) is 0 Å². The molecule has 6 heteroatoms. The van der Waals surface area contributed by atoms with Crippen molar-refractivity contribution in [2.45, 2.75) is 20.0 Å². The summed E-state index contributed by atoms with van der Waals surface area (Å²) in [5, 5.41) is 0. The lowest BCUT2D eigenvalue weighted by Crippen LogP contribution is -2.50. The summed E-state index contributed by atoms with van der Waals surface area (Å²) in [6.45, 7) is 8.86. The van der Waals surface area contributed by atoms with Gasteiger partial charge in [-0.3, -0.25) is 14.6 Å². The van der Waals surface area contributed by atoms with Gasteiger partial charge in [-0.15, -0.1) is 0 Å². The molecule has 2 aliphatic rings. The third kappa shape index (κ3) is 5.12. The van der Waals surface area contributed by atoms with Gasteiger partial charge in [0, 0.05) is 39.3 Å². The Balaban J connectivity index is 1.24. The van der Waals surface area contributed by atoms with E-state index in [4.69, 9.17) is 9.47 Å². The molecular formula is C24H31N3O3. The number of rotatable bonds is 6. The largest absolute Gasteiger partial charge is 0.486 e. The molecule has 2 aromatic carbocycles. The second-order valence-electron chi connectivity index (χ2n) is 8.23. The van der Waals surface area contributed by atoms with Gasteiger partial charge in [-0.25, -0.2) is 0 Å². The Morgan fingerprint density at radius 1 is 1.00 bits per heavy atom. The van der Waals surface area contributed by atoms with Crippen molar-refractivity contribution in [2.75, 3.05) is 53.0 Å². The average molecular weight is 410 g/mol. The predicted molar refractivity (Wildman–Crippen MR) is 117 cm³/mol. The number of fused-ring (bicyclic) bond motifs is 1. The smallest absolute Gasteiger partial charge is 0.236 e. The van der Waals surface area contributed by atoms with Crippen LogP contribution in [0.1, 0.15) is 16.7 Å². The van der Waals surface area contributed by atoms with Crippen LogP contribution >= 0.6 is 0 Å². The number of hydrogen-bond donors (Lipinski definition) is 0. The predicted octanol–water partition coefficient (Wildman–Crippen LogP) is 2.54. The number of carbonyl (C=O) groups excluding carboxylic acids is 1. The van der Waals surface area contributed by atoms with Crippen LogP contribution in [0.2, 0.25) is 0 Å². The first-order chi connectivity index (χ1) is 14.6. The Kier molecular flexibility index (Phi) is 6.55. The molecule has 2 heterocycles. The van der Waals surface area contributed by atoms with E-state index >= 15 is 0 Å². The maximum atomic E-state index is 12.8. The molecular weight excluding hydrogens is 378 g/mol. The number of benzene rings is 2. The lowest BCUT2D eigenvalue weighted by molar-refractivity contribution is -0.134. The third-order valence-corrected chi connectivity index (χ3v) is 5.84. The highest BCUT2D eigenvalue weighted by Crippen LogP contribution is 2.31. The SMILES string of the molecule is Cc1ccccc1CN1CCN(C(=O)CN(C)Cc2ccc3c(c2)OCCO3)CC1. The monoisotopic (exact) mass is 409 g/mol. The van der Waals surface area contributed by atoms with Crippen molar-refractivity contribution in [3.8, 4) is 11.5 Å². The van der Waals surface area contributed by atoms with Crippen molar-refractivity contribution >= 4 is 5.91 Å². The van der Waals surface area contributed by atoms with Gasteiger partial charge in [0.05, 0.1) is 6.54 Å². The molecule has 160 valence electrons. The maximum absolute atomic E-state index is 12.8. The van der Waals surface area contributed by atoms with Gasteiger partial charge in [0.15, 0.2) is 11.5 Å². The topological polar surface area (TPSA) is 45.2 Å². The number of nitrogens with zero attached hydrogens (tertiary/aromatic N) is 3. The number of ether oxygens (including phenoxy) is 2. The van der Waals surface area contributed by atoms with Crippen molar-refractivity contribution in [1.29, 1.82) is 0 Å². The molecule has 6 nitrogen and oxygen atoms in total. The van der Waals surface area contributed by atoms with Crippen LogP contribution in [0.5, 0.6) is 11.5 Å². The molecule has 0 spiro atoms. The van der Waals surface area contributed by atoms with E-state index in [0.29, 0.717) is 26.3 Å². The molecule has 0 unspecified atom stereocenters. The number of amides is 1. The van der Waals surface area contributed by atoms with Crippen molar-refractivity contribution < 1.29 is 14.3 Å². The molecule has 0 aliphatic carbocycles. The van der Waals surface area contributed by atoms with Gasteiger partial charge in [-0.2, -0.15) is 0 Å². The van der Waals surface area contributed by atoms with Gasteiger partial charge < -0.3 is 14.4 Å². The molecule has 0 aromatic heterocycles. The Hall–Kier alpha value is -2.57. The van der Waals surface area contributed by atoms with E-state index in [9.17, 15) is 4.79 Å². The molecule has 2 aliphatic heterocycles. The molecule has 1 fully saturated rings. The number of likely N-dealkylation sites (N-methyl/N-ethyl adjacent to an activating group) is 1. The van der Waals surface area contributed by atoms with Crippen LogP contribution in [-0.4, -0.2) is 73.6 Å². The summed E-state index contributed by atoms with van der Waals surface area (Å²) in [7, 11) is 1.99. The van der Waals surface area contributed by atoms with E-state index in [0.717, 1.165) is 49.8 Å². The van der Waals surface area contributed by atoms with Gasteiger partial charge in [0.2, 0.25) is 5.91 Å². The van der Waals surface area contributed by atoms with Crippen LogP contribution in [0, 0.1) is 6.92 Å². The minimum absolute atomic E-state index is 0.200. The highest BCUT2D eigenvalue weighted by Gasteiger charge is 2.22. The molecule has 0 bridgehead atoms. The fraction of sp³-hybridized carbons (Fsp3) is 0.458. The number of carbonyl (C=O) groups is 1. The molecule has 2 aromatic rings. The minimum Gasteiger partial charge on any atom is -0.486 e. The maximum Gasteiger partial charge on any atom is 0.236 e. The van der Waals surface area contributed by atoms with Crippen molar-refractivity contribution in [3.05, 3.63) is 59.2 Å². The summed E-state index contributed by atoms with van der Waals surface area (Å²) in [6.07, 6.45) is 0. The van der Waals surface area contributed by atoms with Gasteiger partial charge in [-0.05, 0) is 42.8 Å². The van der Waals surface area contributed by atoms with E-state index in [1.165, 1.54) is 11.1 Å². The van der Waals surface area contributed by atoms with Crippen LogP contribution < -0.4 is 9.47 Å². The zero-order valence-electron chi connectivity index (χ0n) is 18.0. The van der Waals surface area contributed by atoms with Gasteiger partial charge in [0.1, 0.15) is 13.2 Å². The first-order valence-corrected chi connectivity index (χ1v) is 10.7. The van der Waals surface area contributed by atoms with Crippen LogP contribution in [0.4, 0.5) is 0 Å². The molecule has 0 atom stereocenters. The fourth-order valence-electron chi connectivity index (χ4n) is 4.07. The van der Waals surface area contributed by atoms with Crippen LogP contribution in [0.15, 0.2) is 42.5 Å². The highest BCUT2D eigenvalue weighted by atomic mass is 16.6. The first kappa shape index (κ1) is 20.7. The van der Waals surface area contributed by atoms with E-state index in [-0.39, 0.29) is 5.91 Å². The standard InChI is InChI=1S/C24H31N3O3/c1-19-5-3-4-6-21(19)17-26-9-11-27(12-10-26)24(28)18-25(2)16-20-7-8-22-23(15-20)30-14-13-29-22/h3-8,15H,9-14,16-18H2,1-2H3. The number of hydrogen-bond acceptors (Lipinski definition) is 5. The number of piperazine rings is 1. The van der Waals surface area contributed by atoms with Gasteiger partial charge in [0.25, 0.3) is 0 Å². The summed E-state index contributed by atoms with van der Waals surface area (Å²) in [5.41, 5.74) is 3.82. The summed E-state index contributed by atoms with van der Waals surface area (Å²) in [6, 6.07) is 14.5. The fourth-order valence-corrected chi connectivity index (χ4v) is 4.07. The molecule has 4 rings (SSSR count). The van der Waals surface area contributed by atoms with Crippen LogP contribution in [-0.2, 0) is 17.9 Å². The quantitative estimate of drug-likeness (QED) is 0.734. The lowest BCUT2D eigenvalue weighted by Gasteiger charge is -2.35. The Bertz CT molecular complexity index is 878.